The van der Waals surface area contributed by atoms with Crippen molar-refractivity contribution in [3.8, 4) is 0 Å². The number of hydrogen-bond acceptors (Lipinski definition) is 3. The van der Waals surface area contributed by atoms with Gasteiger partial charge in [-0.1, -0.05) is 29.8 Å². The first kappa shape index (κ1) is 20.5. The molecule has 2 amide bonds. The lowest BCUT2D eigenvalue weighted by atomic mass is 10.00. The number of aryl methyl sites for hydroxylation is 1. The highest BCUT2D eigenvalue weighted by atomic mass is 35.5. The second kappa shape index (κ2) is 9.04. The molecule has 2 rings (SSSR count). The van der Waals surface area contributed by atoms with Gasteiger partial charge >= 0.3 is 0 Å². The first-order valence-corrected chi connectivity index (χ1v) is 8.25. The van der Waals surface area contributed by atoms with Crippen LogP contribution in [0.15, 0.2) is 24.3 Å². The van der Waals surface area contributed by atoms with Gasteiger partial charge in [-0.3, -0.25) is 9.59 Å². The minimum absolute atomic E-state index is 0. The molecule has 5 nitrogen and oxygen atoms in total. The zero-order valence-corrected chi connectivity index (χ0v) is 15.7. The first-order valence-electron chi connectivity index (χ1n) is 8.25. The number of amides is 2. The second-order valence-electron chi connectivity index (χ2n) is 6.44. The predicted molar refractivity (Wildman–Crippen MR) is 98.2 cm³/mol. The van der Waals surface area contributed by atoms with Gasteiger partial charge in [0.15, 0.2) is 0 Å². The summed E-state index contributed by atoms with van der Waals surface area (Å²) in [7, 11) is 0. The van der Waals surface area contributed by atoms with Gasteiger partial charge in [0.1, 0.15) is 0 Å². The Morgan fingerprint density at radius 1 is 1.29 bits per heavy atom. The fourth-order valence-corrected chi connectivity index (χ4v) is 3.00. The Morgan fingerprint density at radius 2 is 1.92 bits per heavy atom. The molecule has 0 spiro atoms. The number of piperazine rings is 1. The number of nitrogens with zero attached hydrogens (tertiary/aromatic N) is 1. The molecule has 1 fully saturated rings. The number of hydrogen-bond donors (Lipinski definition) is 2. The molecule has 24 heavy (non-hydrogen) atoms. The molecule has 0 aromatic heterocycles. The van der Waals surface area contributed by atoms with Crippen LogP contribution in [0.4, 0.5) is 0 Å². The quantitative estimate of drug-likeness (QED) is 0.872. The number of rotatable bonds is 4. The van der Waals surface area contributed by atoms with Crippen molar-refractivity contribution in [1.82, 2.24) is 15.5 Å². The van der Waals surface area contributed by atoms with Crippen molar-refractivity contribution < 1.29 is 9.59 Å². The third-order valence-corrected chi connectivity index (χ3v) is 4.59. The van der Waals surface area contributed by atoms with Crippen LogP contribution in [0.3, 0.4) is 0 Å². The Labute approximate surface area is 150 Å². The summed E-state index contributed by atoms with van der Waals surface area (Å²) in [6.45, 7) is 9.19. The smallest absolute Gasteiger partial charge is 0.225 e. The van der Waals surface area contributed by atoms with Crippen LogP contribution in [-0.4, -0.2) is 41.9 Å². The molecule has 0 radical (unpaired) electrons. The highest BCUT2D eigenvalue weighted by molar-refractivity contribution is 5.85. The largest absolute Gasteiger partial charge is 0.349 e. The number of benzene rings is 1. The maximum absolute atomic E-state index is 12.7. The summed E-state index contributed by atoms with van der Waals surface area (Å²) in [5, 5.41) is 6.29. The van der Waals surface area contributed by atoms with Gasteiger partial charge < -0.3 is 15.5 Å². The number of carbonyl (C=O) groups excluding carboxylic acids is 2. The average Bonchev–Trinajstić information content (AvgIpc) is 2.49. The van der Waals surface area contributed by atoms with Gasteiger partial charge in [0.05, 0.1) is 12.5 Å². The summed E-state index contributed by atoms with van der Waals surface area (Å²) < 4.78 is 0. The molecule has 3 unspecified atom stereocenters. The maximum atomic E-state index is 12.7. The molecular formula is C18H28ClN3O2. The lowest BCUT2D eigenvalue weighted by molar-refractivity contribution is -0.135. The Morgan fingerprint density at radius 3 is 2.50 bits per heavy atom. The minimum atomic E-state index is -0.280. The molecular weight excluding hydrogens is 326 g/mol. The van der Waals surface area contributed by atoms with Gasteiger partial charge in [0.2, 0.25) is 11.8 Å². The van der Waals surface area contributed by atoms with E-state index in [9.17, 15) is 9.59 Å². The van der Waals surface area contributed by atoms with Crippen LogP contribution in [0.25, 0.3) is 0 Å². The van der Waals surface area contributed by atoms with E-state index in [0.29, 0.717) is 13.0 Å². The minimum Gasteiger partial charge on any atom is -0.349 e. The van der Waals surface area contributed by atoms with Crippen LogP contribution in [0, 0.1) is 6.92 Å². The molecule has 6 heteroatoms. The Balaban J connectivity index is 0.00000288. The SMILES string of the molecule is CC(=O)NC(CC(=O)N1CCNC(C)C1C)c1ccc(C)cc1.Cl. The van der Waals surface area contributed by atoms with Crippen molar-refractivity contribution in [3.05, 3.63) is 35.4 Å². The highest BCUT2D eigenvalue weighted by Crippen LogP contribution is 2.20. The summed E-state index contributed by atoms with van der Waals surface area (Å²) in [6.07, 6.45) is 0.291. The molecule has 2 N–H and O–H groups in total. The van der Waals surface area contributed by atoms with E-state index in [0.717, 1.165) is 17.7 Å². The number of carbonyl (C=O) groups is 2. The Kier molecular flexibility index (Phi) is 7.70. The number of nitrogens with one attached hydrogen (secondary N) is 2. The number of halogens is 1. The lowest BCUT2D eigenvalue weighted by Gasteiger charge is -2.39. The van der Waals surface area contributed by atoms with E-state index >= 15 is 0 Å². The van der Waals surface area contributed by atoms with E-state index in [2.05, 4.69) is 24.5 Å². The molecule has 1 aromatic carbocycles. The third kappa shape index (κ3) is 5.21. The standard InChI is InChI=1S/C18H27N3O2.ClH/c1-12-5-7-16(8-6-12)17(20-15(4)22)11-18(23)21-10-9-19-13(2)14(21)3;/h5-8,13-14,17,19H,9-11H2,1-4H3,(H,20,22);1H. The van der Waals surface area contributed by atoms with Crippen LogP contribution in [0.1, 0.15) is 44.4 Å². The normalized spacial score (nSPS) is 21.6. The summed E-state index contributed by atoms with van der Waals surface area (Å²) in [5.41, 5.74) is 2.13. The molecule has 3 atom stereocenters. The van der Waals surface area contributed by atoms with Crippen molar-refractivity contribution in [2.24, 2.45) is 0 Å². The van der Waals surface area contributed by atoms with Crippen LogP contribution < -0.4 is 10.6 Å². The van der Waals surface area contributed by atoms with Gasteiger partial charge in [-0.25, -0.2) is 0 Å². The molecule has 1 saturated heterocycles. The van der Waals surface area contributed by atoms with Crippen LogP contribution in [0.5, 0.6) is 0 Å². The van der Waals surface area contributed by atoms with E-state index in [1.165, 1.54) is 6.92 Å². The van der Waals surface area contributed by atoms with Crippen molar-refractivity contribution in [2.45, 2.75) is 52.2 Å². The molecule has 0 bridgehead atoms. The summed E-state index contributed by atoms with van der Waals surface area (Å²) in [6, 6.07) is 8.13. The van der Waals surface area contributed by atoms with Gasteiger partial charge in [0.25, 0.3) is 0 Å². The monoisotopic (exact) mass is 353 g/mol. The molecule has 1 aliphatic rings. The van der Waals surface area contributed by atoms with Crippen molar-refractivity contribution >= 4 is 24.2 Å². The molecule has 0 saturated carbocycles. The van der Waals surface area contributed by atoms with Gasteiger partial charge in [-0.05, 0) is 26.3 Å². The van der Waals surface area contributed by atoms with Crippen molar-refractivity contribution in [2.75, 3.05) is 13.1 Å². The van der Waals surface area contributed by atoms with Gasteiger partial charge in [0, 0.05) is 32.1 Å². The second-order valence-corrected chi connectivity index (χ2v) is 6.44. The van der Waals surface area contributed by atoms with Crippen molar-refractivity contribution in [1.29, 1.82) is 0 Å². The van der Waals surface area contributed by atoms with Crippen LogP contribution in [-0.2, 0) is 9.59 Å². The van der Waals surface area contributed by atoms with Gasteiger partial charge in [-0.2, -0.15) is 0 Å². The van der Waals surface area contributed by atoms with Crippen molar-refractivity contribution in [3.63, 3.8) is 0 Å². The zero-order valence-electron chi connectivity index (χ0n) is 14.8. The summed E-state index contributed by atoms with van der Waals surface area (Å²) in [5.74, 6) is -0.0322. The summed E-state index contributed by atoms with van der Waals surface area (Å²) >= 11 is 0. The predicted octanol–water partition coefficient (Wildman–Crippen LogP) is 2.19. The zero-order chi connectivity index (χ0) is 17.0. The topological polar surface area (TPSA) is 61.4 Å². The highest BCUT2D eigenvalue weighted by Gasteiger charge is 2.29. The van der Waals surface area contributed by atoms with E-state index in [1.807, 2.05) is 36.1 Å². The van der Waals surface area contributed by atoms with E-state index < -0.39 is 0 Å². The summed E-state index contributed by atoms with van der Waals surface area (Å²) in [4.78, 5) is 26.2. The third-order valence-electron chi connectivity index (χ3n) is 4.59. The van der Waals surface area contributed by atoms with E-state index in [4.69, 9.17) is 0 Å². The Bertz CT molecular complexity index is 562. The molecule has 1 aliphatic heterocycles. The maximum Gasteiger partial charge on any atom is 0.225 e. The van der Waals surface area contributed by atoms with E-state index in [-0.39, 0.29) is 42.3 Å². The fourth-order valence-electron chi connectivity index (χ4n) is 3.00. The molecule has 0 aliphatic carbocycles. The van der Waals surface area contributed by atoms with Crippen LogP contribution >= 0.6 is 12.4 Å². The van der Waals surface area contributed by atoms with E-state index in [1.54, 1.807) is 0 Å². The average molecular weight is 354 g/mol. The first-order chi connectivity index (χ1) is 10.9. The van der Waals surface area contributed by atoms with Gasteiger partial charge in [-0.15, -0.1) is 12.4 Å². The van der Waals surface area contributed by atoms with Crippen LogP contribution in [0.2, 0.25) is 0 Å². The molecule has 134 valence electrons. The lowest BCUT2D eigenvalue weighted by Crippen LogP contribution is -2.57. The molecule has 1 heterocycles. The Hall–Kier alpha value is -1.59. The fraction of sp³-hybridized carbons (Fsp3) is 0.556. The molecule has 1 aromatic rings.